The smallest absolute Gasteiger partial charge is 0.134 e. The first-order chi connectivity index (χ1) is 11.1. The molecule has 116 valence electrons. The number of para-hydroxylation sites is 3. The van der Waals surface area contributed by atoms with Gasteiger partial charge in [0.2, 0.25) is 0 Å². The minimum Gasteiger partial charge on any atom is -0.134 e. The van der Waals surface area contributed by atoms with Crippen LogP contribution >= 0.6 is 0 Å². The SMILES string of the molecule is FC(F)(F)[N+](c1ccccc1)(c1ccccc1)c1ccccc1. The van der Waals surface area contributed by atoms with Gasteiger partial charge in [-0.05, 0) is 0 Å². The fourth-order valence-corrected chi connectivity index (χ4v) is 2.84. The summed E-state index contributed by atoms with van der Waals surface area (Å²) < 4.78 is 41.9. The molecular weight excluding hydrogens is 299 g/mol. The van der Waals surface area contributed by atoms with Gasteiger partial charge in [0.15, 0.2) is 17.1 Å². The minimum absolute atomic E-state index is 0.150. The van der Waals surface area contributed by atoms with Crippen LogP contribution in [0.25, 0.3) is 0 Å². The van der Waals surface area contributed by atoms with E-state index in [1.165, 1.54) is 36.4 Å². The van der Waals surface area contributed by atoms with Gasteiger partial charge in [0.25, 0.3) is 0 Å². The van der Waals surface area contributed by atoms with E-state index in [-0.39, 0.29) is 17.1 Å². The monoisotopic (exact) mass is 314 g/mol. The first-order valence-electron chi connectivity index (χ1n) is 7.19. The number of quaternary nitrogens is 1. The third-order valence-electron chi connectivity index (χ3n) is 3.81. The van der Waals surface area contributed by atoms with Gasteiger partial charge >= 0.3 is 6.30 Å². The molecule has 3 aromatic carbocycles. The Kier molecular flexibility index (Phi) is 3.92. The molecule has 0 atom stereocenters. The van der Waals surface area contributed by atoms with Crippen molar-refractivity contribution in [3.05, 3.63) is 91.0 Å². The van der Waals surface area contributed by atoms with Gasteiger partial charge in [0.05, 0.1) is 0 Å². The average molecular weight is 314 g/mol. The Morgan fingerprint density at radius 1 is 0.478 bits per heavy atom. The van der Waals surface area contributed by atoms with Crippen LogP contribution in [0.1, 0.15) is 0 Å². The molecule has 1 nitrogen and oxygen atoms in total. The quantitative estimate of drug-likeness (QED) is 0.400. The zero-order valence-corrected chi connectivity index (χ0v) is 12.2. The maximum absolute atomic E-state index is 14.4. The molecule has 0 saturated heterocycles. The zero-order chi connectivity index (χ0) is 16.3. The molecule has 0 spiro atoms. The normalized spacial score (nSPS) is 12.1. The summed E-state index contributed by atoms with van der Waals surface area (Å²) in [6.07, 6.45) is -4.54. The summed E-state index contributed by atoms with van der Waals surface area (Å²) in [4.78, 5) is 0. The van der Waals surface area contributed by atoms with E-state index in [1.54, 1.807) is 54.6 Å². The van der Waals surface area contributed by atoms with E-state index in [4.69, 9.17) is 0 Å². The van der Waals surface area contributed by atoms with Crippen molar-refractivity contribution in [3.8, 4) is 0 Å². The number of benzene rings is 3. The molecule has 0 aliphatic carbocycles. The molecule has 0 aliphatic heterocycles. The van der Waals surface area contributed by atoms with E-state index >= 15 is 0 Å². The molecule has 4 heteroatoms. The molecule has 0 amide bonds. The van der Waals surface area contributed by atoms with Crippen molar-refractivity contribution in [1.82, 2.24) is 4.48 Å². The molecule has 3 rings (SSSR count). The second-order valence-electron chi connectivity index (χ2n) is 5.15. The molecule has 23 heavy (non-hydrogen) atoms. The first kappa shape index (κ1) is 15.3. The predicted octanol–water partition coefficient (Wildman–Crippen LogP) is 6.18. The zero-order valence-electron chi connectivity index (χ0n) is 12.2. The molecule has 0 unspecified atom stereocenters. The molecule has 0 N–H and O–H groups in total. The van der Waals surface area contributed by atoms with Crippen LogP contribution in [0.2, 0.25) is 0 Å². The van der Waals surface area contributed by atoms with Crippen LogP contribution in [-0.4, -0.2) is 6.30 Å². The lowest BCUT2D eigenvalue weighted by Gasteiger charge is -2.37. The van der Waals surface area contributed by atoms with E-state index in [9.17, 15) is 13.2 Å². The number of hydrogen-bond donors (Lipinski definition) is 0. The number of halogens is 3. The maximum atomic E-state index is 14.4. The number of nitrogens with zero attached hydrogens (tertiary/aromatic N) is 1. The lowest BCUT2D eigenvalue weighted by atomic mass is 10.1. The van der Waals surface area contributed by atoms with Crippen molar-refractivity contribution in [2.24, 2.45) is 0 Å². The van der Waals surface area contributed by atoms with Crippen LogP contribution in [0.5, 0.6) is 0 Å². The van der Waals surface area contributed by atoms with Crippen LogP contribution in [0, 0.1) is 0 Å². The van der Waals surface area contributed by atoms with Crippen LogP contribution in [-0.2, 0) is 0 Å². The van der Waals surface area contributed by atoms with Gasteiger partial charge in [-0.3, -0.25) is 0 Å². The van der Waals surface area contributed by atoms with E-state index in [2.05, 4.69) is 0 Å². The molecule has 0 bridgehead atoms. The third kappa shape index (κ3) is 2.51. The van der Waals surface area contributed by atoms with Gasteiger partial charge in [-0.1, -0.05) is 54.6 Å². The lowest BCUT2D eigenvalue weighted by molar-refractivity contribution is -0.199. The second-order valence-corrected chi connectivity index (χ2v) is 5.15. The van der Waals surface area contributed by atoms with Gasteiger partial charge in [0.1, 0.15) is 0 Å². The Morgan fingerprint density at radius 3 is 0.957 bits per heavy atom. The Hall–Kier alpha value is -2.59. The Bertz CT molecular complexity index is 656. The van der Waals surface area contributed by atoms with Gasteiger partial charge in [0, 0.05) is 36.4 Å². The van der Waals surface area contributed by atoms with Crippen molar-refractivity contribution in [1.29, 1.82) is 0 Å². The number of hydrogen-bond acceptors (Lipinski definition) is 0. The number of rotatable bonds is 3. The van der Waals surface area contributed by atoms with Crippen molar-refractivity contribution in [3.63, 3.8) is 0 Å². The summed E-state index contributed by atoms with van der Waals surface area (Å²) in [6.45, 7) is 0. The summed E-state index contributed by atoms with van der Waals surface area (Å²) >= 11 is 0. The van der Waals surface area contributed by atoms with E-state index < -0.39 is 10.8 Å². The van der Waals surface area contributed by atoms with Crippen molar-refractivity contribution < 1.29 is 13.2 Å². The minimum atomic E-state index is -4.54. The molecule has 0 aliphatic rings. The summed E-state index contributed by atoms with van der Waals surface area (Å²) in [5, 5.41) is 0. The van der Waals surface area contributed by atoms with Crippen LogP contribution in [0.15, 0.2) is 91.0 Å². The summed E-state index contributed by atoms with van der Waals surface area (Å²) in [5.74, 6) is 0. The molecule has 3 aromatic rings. The highest BCUT2D eigenvalue weighted by Crippen LogP contribution is 2.52. The standard InChI is InChI=1S/C19H15F3N/c20-19(21,22)23(16-10-4-1-5-11-16,17-12-6-2-7-13-17)18-14-8-3-9-15-18/h1-15H/q+1. The van der Waals surface area contributed by atoms with Gasteiger partial charge in [-0.25, -0.2) is 0 Å². The molecule has 0 saturated carbocycles. The Balaban J connectivity index is 2.41. The summed E-state index contributed by atoms with van der Waals surface area (Å²) in [5.41, 5.74) is 0.451. The van der Waals surface area contributed by atoms with Gasteiger partial charge in [-0.15, -0.1) is 17.7 Å². The van der Waals surface area contributed by atoms with Gasteiger partial charge < -0.3 is 0 Å². The highest BCUT2D eigenvalue weighted by Gasteiger charge is 2.60. The summed E-state index contributed by atoms with van der Waals surface area (Å²) in [7, 11) is 0. The van der Waals surface area contributed by atoms with Gasteiger partial charge in [-0.2, -0.15) is 0 Å². The lowest BCUT2D eigenvalue weighted by Crippen LogP contribution is -2.51. The third-order valence-corrected chi connectivity index (χ3v) is 3.81. The molecule has 0 heterocycles. The first-order valence-corrected chi connectivity index (χ1v) is 7.19. The van der Waals surface area contributed by atoms with E-state index in [1.807, 2.05) is 0 Å². The molecule has 0 fully saturated rings. The Labute approximate surface area is 132 Å². The highest BCUT2D eigenvalue weighted by molar-refractivity contribution is 5.71. The van der Waals surface area contributed by atoms with Crippen LogP contribution in [0.4, 0.5) is 30.2 Å². The topological polar surface area (TPSA) is 0 Å². The molecular formula is C19H15F3N+. The average Bonchev–Trinajstić information content (AvgIpc) is 2.57. The maximum Gasteiger partial charge on any atom is 0.576 e. The van der Waals surface area contributed by atoms with Crippen molar-refractivity contribution in [2.45, 2.75) is 6.30 Å². The highest BCUT2D eigenvalue weighted by atomic mass is 19.4. The predicted molar refractivity (Wildman–Crippen MR) is 86.5 cm³/mol. The van der Waals surface area contributed by atoms with Crippen molar-refractivity contribution in [2.75, 3.05) is 0 Å². The van der Waals surface area contributed by atoms with E-state index in [0.717, 1.165) is 0 Å². The Morgan fingerprint density at radius 2 is 0.739 bits per heavy atom. The van der Waals surface area contributed by atoms with Crippen LogP contribution < -0.4 is 4.48 Å². The summed E-state index contributed by atoms with van der Waals surface area (Å²) in [6, 6.07) is 23.9. The molecule has 0 radical (unpaired) electrons. The fraction of sp³-hybridized carbons (Fsp3) is 0.0526. The second kappa shape index (κ2) is 5.89. The fourth-order valence-electron chi connectivity index (χ4n) is 2.84. The van der Waals surface area contributed by atoms with E-state index in [0.29, 0.717) is 0 Å². The largest absolute Gasteiger partial charge is 0.576 e. The van der Waals surface area contributed by atoms with Crippen LogP contribution in [0.3, 0.4) is 0 Å². The molecule has 0 aromatic heterocycles. The number of alkyl halides is 3. The van der Waals surface area contributed by atoms with Crippen molar-refractivity contribution >= 4 is 17.1 Å².